The molecule has 2 aromatic heterocycles. The topological polar surface area (TPSA) is 93.1 Å². The summed E-state index contributed by atoms with van der Waals surface area (Å²) in [5.41, 5.74) is 8.61. The van der Waals surface area contributed by atoms with E-state index >= 15 is 0 Å². The number of methoxy groups -OCH3 is 1. The third-order valence-electron chi connectivity index (χ3n) is 5.17. The second-order valence-electron chi connectivity index (χ2n) is 6.99. The highest BCUT2D eigenvalue weighted by Gasteiger charge is 2.41. The lowest BCUT2D eigenvalue weighted by molar-refractivity contribution is -0.142. The normalized spacial score (nSPS) is 20.2. The van der Waals surface area contributed by atoms with Gasteiger partial charge >= 0.3 is 5.97 Å². The maximum absolute atomic E-state index is 11.5. The quantitative estimate of drug-likeness (QED) is 0.717. The Morgan fingerprint density at radius 3 is 2.74 bits per heavy atom. The fourth-order valence-corrected chi connectivity index (χ4v) is 3.61. The molecule has 1 fully saturated rings. The minimum absolute atomic E-state index is 0.324. The minimum Gasteiger partial charge on any atom is -0.497 e. The Labute approximate surface area is 157 Å². The molecule has 1 saturated heterocycles. The largest absolute Gasteiger partial charge is 0.497 e. The molecule has 1 aliphatic heterocycles. The highest BCUT2D eigenvalue weighted by Crippen LogP contribution is 2.29. The van der Waals surface area contributed by atoms with Crippen molar-refractivity contribution in [1.29, 1.82) is 0 Å². The fourth-order valence-electron chi connectivity index (χ4n) is 3.61. The molecule has 0 bridgehead atoms. The molecule has 1 unspecified atom stereocenters. The van der Waals surface area contributed by atoms with Crippen molar-refractivity contribution in [2.24, 2.45) is 5.73 Å². The molecule has 1 aromatic carbocycles. The summed E-state index contributed by atoms with van der Waals surface area (Å²) in [6.45, 7) is 1.55. The zero-order chi connectivity index (χ0) is 19.0. The van der Waals surface area contributed by atoms with Gasteiger partial charge in [0.15, 0.2) is 0 Å². The van der Waals surface area contributed by atoms with Gasteiger partial charge in [0, 0.05) is 31.4 Å². The number of pyridine rings is 1. The first-order valence-electron chi connectivity index (χ1n) is 8.85. The average Bonchev–Trinajstić information content (AvgIpc) is 3.24. The number of fused-ring (bicyclic) bond motifs is 1. The van der Waals surface area contributed by atoms with Gasteiger partial charge in [-0.25, -0.2) is 4.98 Å². The highest BCUT2D eigenvalue weighted by molar-refractivity contribution is 5.79. The number of carbonyl (C=O) groups is 1. The standard InChI is InChI=1S/C20H22N4O3/c1-27-15-7-5-14(6-8-15)18-16(24-10-3-2-4-17(24)22-18)12-23-11-9-20(21,13-23)19(25)26/h2-8,10H,9,11-13,21H2,1H3,(H,25,26). The van der Waals surface area contributed by atoms with Crippen molar-refractivity contribution in [3.8, 4) is 17.0 Å². The van der Waals surface area contributed by atoms with Crippen LogP contribution in [0.25, 0.3) is 16.9 Å². The number of rotatable bonds is 5. The maximum atomic E-state index is 11.5. The van der Waals surface area contributed by atoms with E-state index in [0.717, 1.165) is 28.3 Å². The first-order valence-corrected chi connectivity index (χ1v) is 8.85. The molecule has 7 heteroatoms. The number of carboxylic acids is 1. The van der Waals surface area contributed by atoms with Gasteiger partial charge in [0.05, 0.1) is 18.5 Å². The summed E-state index contributed by atoms with van der Waals surface area (Å²) in [7, 11) is 1.64. The van der Waals surface area contributed by atoms with Gasteiger partial charge in [0.2, 0.25) is 0 Å². The molecule has 0 aliphatic carbocycles. The molecule has 3 N–H and O–H groups in total. The second kappa shape index (κ2) is 6.68. The molecule has 4 rings (SSSR count). The van der Waals surface area contributed by atoms with E-state index in [4.69, 9.17) is 15.5 Å². The molecule has 0 saturated carbocycles. The first-order chi connectivity index (χ1) is 13.0. The Hall–Kier alpha value is -2.90. The van der Waals surface area contributed by atoms with Crippen LogP contribution >= 0.6 is 0 Å². The number of nitrogens with zero attached hydrogens (tertiary/aromatic N) is 3. The van der Waals surface area contributed by atoms with Crippen molar-refractivity contribution in [2.45, 2.75) is 18.5 Å². The third kappa shape index (κ3) is 3.15. The molecule has 0 radical (unpaired) electrons. The molecule has 3 heterocycles. The van der Waals surface area contributed by atoms with Crippen LogP contribution in [0.5, 0.6) is 5.75 Å². The lowest BCUT2D eigenvalue weighted by Gasteiger charge is -2.20. The molecule has 1 aliphatic rings. The molecule has 140 valence electrons. The number of likely N-dealkylation sites (tertiary alicyclic amines) is 1. The van der Waals surface area contributed by atoms with Crippen molar-refractivity contribution in [3.05, 3.63) is 54.4 Å². The lowest BCUT2D eigenvalue weighted by Crippen LogP contribution is -2.50. The average molecular weight is 366 g/mol. The number of aromatic nitrogens is 2. The lowest BCUT2D eigenvalue weighted by atomic mass is 10.0. The number of carboxylic acid groups (broad SMARTS) is 1. The summed E-state index contributed by atoms with van der Waals surface area (Å²) < 4.78 is 7.30. The van der Waals surface area contributed by atoms with E-state index in [0.29, 0.717) is 26.1 Å². The summed E-state index contributed by atoms with van der Waals surface area (Å²) in [4.78, 5) is 18.3. The Kier molecular flexibility index (Phi) is 4.33. The van der Waals surface area contributed by atoms with E-state index < -0.39 is 11.5 Å². The molecule has 0 amide bonds. The Bertz CT molecular complexity index is 983. The van der Waals surface area contributed by atoms with Crippen molar-refractivity contribution >= 4 is 11.6 Å². The van der Waals surface area contributed by atoms with Gasteiger partial charge in [0.1, 0.15) is 16.9 Å². The number of hydrogen-bond acceptors (Lipinski definition) is 5. The number of nitrogens with two attached hydrogens (primary N) is 1. The molecular weight excluding hydrogens is 344 g/mol. The van der Waals surface area contributed by atoms with E-state index in [9.17, 15) is 9.90 Å². The zero-order valence-electron chi connectivity index (χ0n) is 15.1. The van der Waals surface area contributed by atoms with E-state index in [1.165, 1.54) is 0 Å². The number of hydrogen-bond donors (Lipinski definition) is 2. The van der Waals surface area contributed by atoms with Gasteiger partial charge in [-0.3, -0.25) is 9.69 Å². The van der Waals surface area contributed by atoms with Crippen molar-refractivity contribution < 1.29 is 14.6 Å². The van der Waals surface area contributed by atoms with Crippen LogP contribution < -0.4 is 10.5 Å². The first kappa shape index (κ1) is 17.5. The fraction of sp³-hybridized carbons (Fsp3) is 0.300. The number of ether oxygens (including phenoxy) is 1. The zero-order valence-corrected chi connectivity index (χ0v) is 15.1. The predicted octanol–water partition coefficient (Wildman–Crippen LogP) is 2.00. The summed E-state index contributed by atoms with van der Waals surface area (Å²) in [5.74, 6) is -0.156. The van der Waals surface area contributed by atoms with Crippen LogP contribution in [0.3, 0.4) is 0 Å². The van der Waals surface area contributed by atoms with Gasteiger partial charge in [-0.1, -0.05) is 6.07 Å². The van der Waals surface area contributed by atoms with E-state index in [1.807, 2.05) is 48.7 Å². The summed E-state index contributed by atoms with van der Waals surface area (Å²) in [6, 6.07) is 13.7. The van der Waals surface area contributed by atoms with Crippen LogP contribution in [0.1, 0.15) is 12.1 Å². The minimum atomic E-state index is -1.18. The summed E-state index contributed by atoms with van der Waals surface area (Å²) in [5, 5.41) is 9.39. The van der Waals surface area contributed by atoms with Crippen molar-refractivity contribution in [2.75, 3.05) is 20.2 Å². The molecule has 0 spiro atoms. The van der Waals surface area contributed by atoms with Crippen molar-refractivity contribution in [3.63, 3.8) is 0 Å². The van der Waals surface area contributed by atoms with Gasteiger partial charge in [0.25, 0.3) is 0 Å². The highest BCUT2D eigenvalue weighted by atomic mass is 16.5. The Balaban J connectivity index is 1.71. The Morgan fingerprint density at radius 1 is 1.30 bits per heavy atom. The SMILES string of the molecule is COc1ccc(-c2nc3ccccn3c2CN2CCC(N)(C(=O)O)C2)cc1. The second-order valence-corrected chi connectivity index (χ2v) is 6.99. The van der Waals surface area contributed by atoms with Gasteiger partial charge < -0.3 is 20.0 Å². The summed E-state index contributed by atoms with van der Waals surface area (Å²) in [6.07, 6.45) is 2.42. The molecule has 27 heavy (non-hydrogen) atoms. The van der Waals surface area contributed by atoms with Crippen LogP contribution in [0, 0.1) is 0 Å². The third-order valence-corrected chi connectivity index (χ3v) is 5.17. The number of benzene rings is 1. The van der Waals surface area contributed by atoms with Gasteiger partial charge in [-0.05, 0) is 42.8 Å². The Morgan fingerprint density at radius 2 is 2.07 bits per heavy atom. The molecular formula is C20H22N4O3. The number of aliphatic carboxylic acids is 1. The van der Waals surface area contributed by atoms with E-state index in [-0.39, 0.29) is 0 Å². The number of imidazole rings is 1. The van der Waals surface area contributed by atoms with E-state index in [1.54, 1.807) is 7.11 Å². The van der Waals surface area contributed by atoms with Gasteiger partial charge in [-0.15, -0.1) is 0 Å². The van der Waals surface area contributed by atoms with Crippen LogP contribution in [0.4, 0.5) is 0 Å². The van der Waals surface area contributed by atoms with Gasteiger partial charge in [-0.2, -0.15) is 0 Å². The molecule has 3 aromatic rings. The predicted molar refractivity (Wildman–Crippen MR) is 102 cm³/mol. The van der Waals surface area contributed by atoms with Crippen LogP contribution in [-0.4, -0.2) is 51.1 Å². The molecule has 7 nitrogen and oxygen atoms in total. The smallest absolute Gasteiger partial charge is 0.325 e. The van der Waals surface area contributed by atoms with Crippen molar-refractivity contribution in [1.82, 2.24) is 14.3 Å². The summed E-state index contributed by atoms with van der Waals surface area (Å²) >= 11 is 0. The van der Waals surface area contributed by atoms with Crippen LogP contribution in [0.15, 0.2) is 48.7 Å². The maximum Gasteiger partial charge on any atom is 0.325 e. The van der Waals surface area contributed by atoms with E-state index in [2.05, 4.69) is 9.30 Å². The van der Waals surface area contributed by atoms with Crippen LogP contribution in [-0.2, 0) is 11.3 Å². The molecule has 1 atom stereocenters. The van der Waals surface area contributed by atoms with Crippen LogP contribution in [0.2, 0.25) is 0 Å². The monoisotopic (exact) mass is 366 g/mol.